The number of hydrogen-bond acceptors (Lipinski definition) is 6. The molecule has 1 aliphatic rings. The average molecular weight is 430 g/mol. The Balaban J connectivity index is 1.57. The summed E-state index contributed by atoms with van der Waals surface area (Å²) < 4.78 is 25.8. The van der Waals surface area contributed by atoms with E-state index in [2.05, 4.69) is 9.97 Å². The molecule has 0 radical (unpaired) electrons. The van der Waals surface area contributed by atoms with Crippen LogP contribution in [-0.2, 0) is 9.84 Å². The van der Waals surface area contributed by atoms with E-state index in [0.29, 0.717) is 17.8 Å². The Kier molecular flexibility index (Phi) is 5.25. The van der Waals surface area contributed by atoms with Crippen molar-refractivity contribution < 1.29 is 13.2 Å². The van der Waals surface area contributed by atoms with Crippen LogP contribution in [0.4, 0.5) is 0 Å². The summed E-state index contributed by atoms with van der Waals surface area (Å²) in [5.74, 6) is 1.34. The molecular weight excluding hydrogens is 406 g/mol. The predicted octanol–water partition coefficient (Wildman–Crippen LogP) is 3.69. The van der Waals surface area contributed by atoms with Crippen molar-refractivity contribution >= 4 is 38.3 Å². The molecule has 8 heteroatoms. The number of aryl methyl sites for hydroxylation is 2. The van der Waals surface area contributed by atoms with Crippen LogP contribution in [0.25, 0.3) is 10.9 Å². The second kappa shape index (κ2) is 7.57. The summed E-state index contributed by atoms with van der Waals surface area (Å²) in [5.41, 5.74) is 3.31. The van der Waals surface area contributed by atoms with E-state index in [1.165, 1.54) is 11.8 Å². The van der Waals surface area contributed by atoms with Crippen molar-refractivity contribution in [2.24, 2.45) is 0 Å². The molecule has 3 aromatic rings. The molecule has 0 saturated carbocycles. The van der Waals surface area contributed by atoms with Gasteiger partial charge in [0, 0.05) is 28.4 Å². The van der Waals surface area contributed by atoms with Crippen molar-refractivity contribution in [3.8, 4) is 0 Å². The van der Waals surface area contributed by atoms with Crippen LogP contribution in [0.5, 0.6) is 0 Å². The van der Waals surface area contributed by atoms with Gasteiger partial charge in [-0.15, -0.1) is 0 Å². The lowest BCUT2D eigenvalue weighted by Gasteiger charge is -2.16. The maximum atomic E-state index is 13.0. The van der Waals surface area contributed by atoms with Gasteiger partial charge in [-0.05, 0) is 39.3 Å². The van der Waals surface area contributed by atoms with E-state index in [-0.39, 0.29) is 29.1 Å². The minimum Gasteiger partial charge on any atom is -0.344 e. The van der Waals surface area contributed by atoms with Crippen LogP contribution in [0, 0.1) is 20.8 Å². The van der Waals surface area contributed by atoms with Crippen LogP contribution >= 0.6 is 11.8 Å². The van der Waals surface area contributed by atoms with Crippen molar-refractivity contribution in [2.75, 3.05) is 17.3 Å². The first-order chi connectivity index (χ1) is 13.7. The molecule has 1 aromatic carbocycles. The number of rotatable bonds is 5. The average Bonchev–Trinajstić information content (AvgIpc) is 3.17. The highest BCUT2D eigenvalue weighted by atomic mass is 32.2. The second-order valence-corrected chi connectivity index (χ2v) is 10.7. The van der Waals surface area contributed by atoms with Gasteiger partial charge in [-0.2, -0.15) is 0 Å². The number of Topliss-reactive ketones (excluding diaryl/α,β-unsaturated/α-hetero) is 1. The van der Waals surface area contributed by atoms with Crippen molar-refractivity contribution in [1.29, 1.82) is 0 Å². The van der Waals surface area contributed by atoms with E-state index in [1.54, 1.807) is 0 Å². The fourth-order valence-corrected chi connectivity index (χ4v) is 6.73. The maximum Gasteiger partial charge on any atom is 0.174 e. The van der Waals surface area contributed by atoms with Crippen LogP contribution < -0.4 is 0 Å². The zero-order chi connectivity index (χ0) is 20.8. The summed E-state index contributed by atoms with van der Waals surface area (Å²) in [6, 6.07) is 9.59. The number of hydrogen-bond donors (Lipinski definition) is 0. The Labute approximate surface area is 174 Å². The Morgan fingerprint density at radius 1 is 1.21 bits per heavy atom. The largest absolute Gasteiger partial charge is 0.344 e. The molecule has 4 rings (SSSR count). The first kappa shape index (κ1) is 20.1. The highest BCUT2D eigenvalue weighted by Gasteiger charge is 2.31. The number of sulfone groups is 1. The van der Waals surface area contributed by atoms with E-state index in [9.17, 15) is 13.2 Å². The molecule has 0 spiro atoms. The minimum atomic E-state index is -2.98. The molecule has 1 fully saturated rings. The molecule has 29 heavy (non-hydrogen) atoms. The van der Waals surface area contributed by atoms with Gasteiger partial charge in [-0.25, -0.2) is 18.4 Å². The van der Waals surface area contributed by atoms with Crippen molar-refractivity contribution in [1.82, 2.24) is 14.5 Å². The maximum absolute atomic E-state index is 13.0. The van der Waals surface area contributed by atoms with Crippen LogP contribution in [0.15, 0.2) is 35.4 Å². The van der Waals surface area contributed by atoms with Crippen LogP contribution in [0.2, 0.25) is 0 Å². The molecule has 1 saturated heterocycles. The summed E-state index contributed by atoms with van der Waals surface area (Å²) in [6.07, 6.45) is 0.604. The number of ketones is 1. The van der Waals surface area contributed by atoms with Gasteiger partial charge in [0.25, 0.3) is 0 Å². The van der Waals surface area contributed by atoms with Gasteiger partial charge in [-0.3, -0.25) is 4.79 Å². The third-order valence-electron chi connectivity index (χ3n) is 5.38. The number of fused-ring (bicyclic) bond motifs is 1. The zero-order valence-electron chi connectivity index (χ0n) is 16.7. The van der Waals surface area contributed by atoms with Gasteiger partial charge in [0.1, 0.15) is 10.9 Å². The number of thioether (sulfide) groups is 1. The van der Waals surface area contributed by atoms with Crippen molar-refractivity contribution in [3.63, 3.8) is 0 Å². The number of para-hydroxylation sites is 1. The second-order valence-electron chi connectivity index (χ2n) is 7.52. The fraction of sp³-hybridized carbons (Fsp3) is 0.381. The smallest absolute Gasteiger partial charge is 0.174 e. The highest BCUT2D eigenvalue weighted by molar-refractivity contribution is 8.00. The van der Waals surface area contributed by atoms with Crippen LogP contribution in [-0.4, -0.2) is 46.0 Å². The minimum absolute atomic E-state index is 0.0237. The summed E-state index contributed by atoms with van der Waals surface area (Å²) in [4.78, 5) is 21.9. The number of nitrogens with zero attached hydrogens (tertiary/aromatic N) is 3. The molecule has 3 heterocycles. The lowest BCUT2D eigenvalue weighted by Crippen LogP contribution is -2.14. The molecule has 0 N–H and O–H groups in total. The number of carbonyl (C=O) groups is 1. The van der Waals surface area contributed by atoms with Gasteiger partial charge >= 0.3 is 0 Å². The van der Waals surface area contributed by atoms with Gasteiger partial charge in [0.2, 0.25) is 0 Å². The Bertz CT molecular complexity index is 1220. The molecule has 0 amide bonds. The quantitative estimate of drug-likeness (QED) is 0.349. The van der Waals surface area contributed by atoms with Gasteiger partial charge in [0.15, 0.2) is 15.6 Å². The number of aromatic nitrogens is 3. The first-order valence-corrected chi connectivity index (χ1v) is 12.3. The normalized spacial score (nSPS) is 18.4. The van der Waals surface area contributed by atoms with Crippen LogP contribution in [0.1, 0.15) is 40.0 Å². The molecule has 2 aromatic heterocycles. The molecule has 1 atom stereocenters. The molecule has 0 bridgehead atoms. The first-order valence-electron chi connectivity index (χ1n) is 9.53. The lowest BCUT2D eigenvalue weighted by atomic mass is 10.2. The van der Waals surface area contributed by atoms with Crippen molar-refractivity contribution in [2.45, 2.75) is 38.3 Å². The number of carbonyl (C=O) groups excluding carboxylic acids is 1. The van der Waals surface area contributed by atoms with Gasteiger partial charge < -0.3 is 4.57 Å². The third-order valence-corrected chi connectivity index (χ3v) is 8.12. The number of benzene rings is 1. The van der Waals surface area contributed by atoms with Crippen LogP contribution in [0.3, 0.4) is 0 Å². The topological polar surface area (TPSA) is 81.9 Å². The van der Waals surface area contributed by atoms with Crippen molar-refractivity contribution in [3.05, 3.63) is 53.1 Å². The SMILES string of the molecule is Cc1nc(SCC(=O)c2cc(C)n(C3CCS(=O)(=O)C3)c2C)c2ccccc2n1. The molecule has 6 nitrogen and oxygen atoms in total. The summed E-state index contributed by atoms with van der Waals surface area (Å²) in [5, 5.41) is 1.75. The molecule has 152 valence electrons. The Morgan fingerprint density at radius 2 is 1.97 bits per heavy atom. The Hall–Kier alpha value is -2.19. The predicted molar refractivity (Wildman–Crippen MR) is 116 cm³/mol. The lowest BCUT2D eigenvalue weighted by molar-refractivity contribution is 0.102. The third kappa shape index (κ3) is 3.96. The van der Waals surface area contributed by atoms with E-state index in [1.807, 2.05) is 55.7 Å². The molecule has 1 aliphatic heterocycles. The fourth-order valence-electron chi connectivity index (χ4n) is 4.08. The standard InChI is InChI=1S/C21H23N3O3S2/c1-13-10-18(14(2)24(13)16-8-9-29(26,27)12-16)20(25)11-28-21-17-6-4-5-7-19(17)22-15(3)23-21/h4-7,10,16H,8-9,11-12H2,1-3H3. The molecule has 0 aliphatic carbocycles. The Morgan fingerprint density at radius 3 is 2.69 bits per heavy atom. The molecule has 1 unspecified atom stereocenters. The summed E-state index contributed by atoms with van der Waals surface area (Å²) in [7, 11) is -2.98. The van der Waals surface area contributed by atoms with E-state index in [4.69, 9.17) is 0 Å². The molecular formula is C21H23N3O3S2. The zero-order valence-corrected chi connectivity index (χ0v) is 18.3. The van der Waals surface area contributed by atoms with E-state index >= 15 is 0 Å². The van der Waals surface area contributed by atoms with Gasteiger partial charge in [-0.1, -0.05) is 30.0 Å². The summed E-state index contributed by atoms with van der Waals surface area (Å²) >= 11 is 1.42. The van der Waals surface area contributed by atoms with E-state index < -0.39 is 9.84 Å². The van der Waals surface area contributed by atoms with Gasteiger partial charge in [0.05, 0.1) is 22.8 Å². The van der Waals surface area contributed by atoms with E-state index in [0.717, 1.165) is 27.3 Å². The monoisotopic (exact) mass is 429 g/mol. The highest BCUT2D eigenvalue weighted by Crippen LogP contribution is 2.31. The summed E-state index contributed by atoms with van der Waals surface area (Å²) in [6.45, 7) is 5.69.